The smallest absolute Gasteiger partial charge is 0.239 e. The fourth-order valence-corrected chi connectivity index (χ4v) is 3.79. The van der Waals surface area contributed by atoms with Gasteiger partial charge in [0.1, 0.15) is 22.6 Å². The number of carbonyl (C=O) groups excluding carboxylic acids is 1. The molecule has 6 nitrogen and oxygen atoms in total. The quantitative estimate of drug-likeness (QED) is 0.466. The van der Waals surface area contributed by atoms with E-state index in [1.165, 1.54) is 24.3 Å². The summed E-state index contributed by atoms with van der Waals surface area (Å²) in [6.07, 6.45) is 1.72. The number of H-pyrrole nitrogens is 1. The summed E-state index contributed by atoms with van der Waals surface area (Å²) in [5.74, 6) is 0.182. The van der Waals surface area contributed by atoms with Crippen molar-refractivity contribution in [2.75, 3.05) is 18.5 Å². The number of pyridine rings is 1. The van der Waals surface area contributed by atoms with Crippen molar-refractivity contribution in [3.8, 4) is 11.4 Å². The first-order valence-corrected chi connectivity index (χ1v) is 10.1. The first kappa shape index (κ1) is 18.9. The molecule has 1 saturated heterocycles. The van der Waals surface area contributed by atoms with E-state index < -0.39 is 5.41 Å². The fraction of sp³-hybridized carbons (Fsp3) is 0.136. The number of hydrogen-bond acceptors (Lipinski definition) is 4. The second kappa shape index (κ2) is 7.30. The topological polar surface area (TPSA) is 79.9 Å². The Bertz CT molecular complexity index is 1230. The standard InChI is InChI=1S/C22H16BrFN4O2/c23-15-9-18-20(25-10-15)28-19(27-18)13-1-3-14(4-2-13)22(11-30-12-22)21(29)26-17-7-5-16(24)6-8-17/h1-10H,11-12H2,(H,26,29)(H,25,27,28). The first-order valence-electron chi connectivity index (χ1n) is 9.30. The molecule has 4 aromatic rings. The minimum atomic E-state index is -0.771. The zero-order chi connectivity index (χ0) is 20.7. The van der Waals surface area contributed by atoms with Gasteiger partial charge in [0.15, 0.2) is 5.65 Å². The number of nitrogens with one attached hydrogen (secondary N) is 2. The molecule has 0 atom stereocenters. The van der Waals surface area contributed by atoms with E-state index in [1.54, 1.807) is 6.20 Å². The van der Waals surface area contributed by atoms with Crippen molar-refractivity contribution < 1.29 is 13.9 Å². The third-order valence-electron chi connectivity index (χ3n) is 5.25. The normalized spacial score (nSPS) is 15.0. The number of benzene rings is 2. The van der Waals surface area contributed by atoms with Crippen molar-refractivity contribution in [1.29, 1.82) is 0 Å². The van der Waals surface area contributed by atoms with Gasteiger partial charge in [0.05, 0.1) is 13.2 Å². The van der Waals surface area contributed by atoms with Crippen molar-refractivity contribution in [2.24, 2.45) is 0 Å². The highest BCUT2D eigenvalue weighted by Gasteiger charge is 2.47. The largest absolute Gasteiger partial charge is 0.378 e. The van der Waals surface area contributed by atoms with Crippen LogP contribution in [0.2, 0.25) is 0 Å². The van der Waals surface area contributed by atoms with Crippen LogP contribution in [-0.4, -0.2) is 34.1 Å². The third-order valence-corrected chi connectivity index (χ3v) is 5.68. The number of halogens is 2. The number of carbonyl (C=O) groups is 1. The Balaban J connectivity index is 1.41. The monoisotopic (exact) mass is 466 g/mol. The predicted octanol–water partition coefficient (Wildman–Crippen LogP) is 4.43. The lowest BCUT2D eigenvalue weighted by Crippen LogP contribution is -2.55. The summed E-state index contributed by atoms with van der Waals surface area (Å²) in [4.78, 5) is 25.1. The van der Waals surface area contributed by atoms with Crippen LogP contribution in [0, 0.1) is 5.82 Å². The van der Waals surface area contributed by atoms with Crippen molar-refractivity contribution in [1.82, 2.24) is 15.0 Å². The fourth-order valence-electron chi connectivity index (χ4n) is 3.47. The Morgan fingerprint density at radius 2 is 1.87 bits per heavy atom. The lowest BCUT2D eigenvalue weighted by molar-refractivity contribution is -0.139. The molecule has 1 amide bonds. The van der Waals surface area contributed by atoms with Crippen molar-refractivity contribution >= 4 is 38.7 Å². The van der Waals surface area contributed by atoms with Gasteiger partial charge in [-0.15, -0.1) is 0 Å². The van der Waals surface area contributed by atoms with E-state index in [4.69, 9.17) is 4.74 Å². The highest BCUT2D eigenvalue weighted by molar-refractivity contribution is 9.10. The number of imidazole rings is 1. The molecule has 8 heteroatoms. The number of aromatic amines is 1. The lowest BCUT2D eigenvalue weighted by atomic mass is 9.77. The summed E-state index contributed by atoms with van der Waals surface area (Å²) in [5, 5.41) is 2.86. The Kier molecular flexibility index (Phi) is 4.60. The Hall–Kier alpha value is -3.10. The molecule has 1 aliphatic heterocycles. The van der Waals surface area contributed by atoms with Crippen LogP contribution < -0.4 is 5.32 Å². The molecule has 2 aromatic heterocycles. The predicted molar refractivity (Wildman–Crippen MR) is 115 cm³/mol. The van der Waals surface area contributed by atoms with E-state index in [2.05, 4.69) is 36.2 Å². The molecule has 0 bridgehead atoms. The molecule has 1 fully saturated rings. The molecule has 5 rings (SSSR count). The van der Waals surface area contributed by atoms with Crippen molar-refractivity contribution in [3.63, 3.8) is 0 Å². The number of nitrogens with zero attached hydrogens (tertiary/aromatic N) is 2. The maximum atomic E-state index is 13.1. The molecular weight excluding hydrogens is 451 g/mol. The van der Waals surface area contributed by atoms with Gasteiger partial charge in [-0.25, -0.2) is 14.4 Å². The van der Waals surface area contributed by atoms with Gasteiger partial charge < -0.3 is 15.0 Å². The average molecular weight is 467 g/mol. The summed E-state index contributed by atoms with van der Waals surface area (Å²) in [5.41, 5.74) is 3.00. The molecule has 150 valence electrons. The lowest BCUT2D eigenvalue weighted by Gasteiger charge is -2.40. The Labute approximate surface area is 179 Å². The van der Waals surface area contributed by atoms with E-state index in [-0.39, 0.29) is 11.7 Å². The van der Waals surface area contributed by atoms with Gasteiger partial charge in [0.2, 0.25) is 5.91 Å². The third kappa shape index (κ3) is 3.28. The van der Waals surface area contributed by atoms with Crippen molar-refractivity contribution in [2.45, 2.75) is 5.41 Å². The zero-order valence-electron chi connectivity index (χ0n) is 15.7. The van der Waals surface area contributed by atoms with Crippen LogP contribution in [0.1, 0.15) is 5.56 Å². The molecule has 0 saturated carbocycles. The second-order valence-corrected chi connectivity index (χ2v) is 8.14. The summed E-state index contributed by atoms with van der Waals surface area (Å²) in [6, 6.07) is 15.3. The van der Waals surface area contributed by atoms with E-state index in [0.717, 1.165) is 21.1 Å². The Morgan fingerprint density at radius 1 is 1.13 bits per heavy atom. The van der Waals surface area contributed by atoms with Crippen LogP contribution in [0.3, 0.4) is 0 Å². The molecule has 0 radical (unpaired) electrons. The van der Waals surface area contributed by atoms with Crippen LogP contribution in [0.4, 0.5) is 10.1 Å². The van der Waals surface area contributed by atoms with E-state index >= 15 is 0 Å². The molecule has 3 heterocycles. The number of anilines is 1. The zero-order valence-corrected chi connectivity index (χ0v) is 17.2. The summed E-state index contributed by atoms with van der Waals surface area (Å²) >= 11 is 3.40. The van der Waals surface area contributed by atoms with Crippen LogP contribution >= 0.6 is 15.9 Å². The second-order valence-electron chi connectivity index (χ2n) is 7.22. The van der Waals surface area contributed by atoms with Crippen LogP contribution in [0.25, 0.3) is 22.6 Å². The number of fused-ring (bicyclic) bond motifs is 1. The van der Waals surface area contributed by atoms with Gasteiger partial charge in [-0.3, -0.25) is 4.79 Å². The van der Waals surface area contributed by atoms with Gasteiger partial charge in [-0.05, 0) is 51.8 Å². The average Bonchev–Trinajstić information content (AvgIpc) is 3.12. The summed E-state index contributed by atoms with van der Waals surface area (Å²) in [6.45, 7) is 0.587. The number of ether oxygens (including phenoxy) is 1. The van der Waals surface area contributed by atoms with E-state index in [0.29, 0.717) is 30.4 Å². The maximum Gasteiger partial charge on any atom is 0.239 e. The van der Waals surface area contributed by atoms with Gasteiger partial charge in [0.25, 0.3) is 0 Å². The van der Waals surface area contributed by atoms with Crippen LogP contribution in [0.5, 0.6) is 0 Å². The van der Waals surface area contributed by atoms with Gasteiger partial charge in [-0.2, -0.15) is 0 Å². The van der Waals surface area contributed by atoms with Crippen LogP contribution in [-0.2, 0) is 14.9 Å². The molecule has 1 aliphatic rings. The first-order chi connectivity index (χ1) is 14.5. The Morgan fingerprint density at radius 3 is 2.53 bits per heavy atom. The number of amides is 1. The van der Waals surface area contributed by atoms with Gasteiger partial charge >= 0.3 is 0 Å². The highest BCUT2D eigenvalue weighted by Crippen LogP contribution is 2.35. The minimum absolute atomic E-state index is 0.175. The number of rotatable bonds is 4. The molecular formula is C22H16BrFN4O2. The van der Waals surface area contributed by atoms with Crippen molar-refractivity contribution in [3.05, 3.63) is 76.6 Å². The number of aromatic nitrogens is 3. The van der Waals surface area contributed by atoms with Gasteiger partial charge in [0, 0.05) is 21.9 Å². The SMILES string of the molecule is O=C(Nc1ccc(F)cc1)C1(c2ccc(-c3nc4cc(Br)cnc4[nH]3)cc2)COC1. The summed E-state index contributed by atoms with van der Waals surface area (Å²) < 4.78 is 19.4. The molecule has 0 spiro atoms. The van der Waals surface area contributed by atoms with Crippen LogP contribution in [0.15, 0.2) is 65.3 Å². The molecule has 30 heavy (non-hydrogen) atoms. The molecule has 0 aliphatic carbocycles. The molecule has 2 N–H and O–H groups in total. The molecule has 2 aromatic carbocycles. The number of hydrogen-bond donors (Lipinski definition) is 2. The minimum Gasteiger partial charge on any atom is -0.378 e. The van der Waals surface area contributed by atoms with Gasteiger partial charge in [-0.1, -0.05) is 24.3 Å². The highest BCUT2D eigenvalue weighted by atomic mass is 79.9. The molecule has 0 unspecified atom stereocenters. The van der Waals surface area contributed by atoms with E-state index in [9.17, 15) is 9.18 Å². The van der Waals surface area contributed by atoms with E-state index in [1.807, 2.05) is 30.3 Å². The summed E-state index contributed by atoms with van der Waals surface area (Å²) in [7, 11) is 0. The maximum absolute atomic E-state index is 13.1.